The van der Waals surface area contributed by atoms with Crippen molar-refractivity contribution in [1.29, 1.82) is 0 Å². The number of nitrogens with zero attached hydrogens (tertiary/aromatic N) is 5. The standard InChI is InChI=1S/C29H30N8O/c1-16-24-10-8-20(13-21(24)11-12-33-16)7-9-23-14-22(15-25(36-23)37-29(38)18(3)32-6)27-26(17(2)31-5)28(30)35-19(4)34-27/h8,10-15,18,32H,1-6H3,(H2,30,34,35)(H,36,37,38). The summed E-state index contributed by atoms with van der Waals surface area (Å²) in [5.41, 5.74) is 11.1. The third-order valence-electron chi connectivity index (χ3n) is 6.22. The van der Waals surface area contributed by atoms with Gasteiger partial charge in [0.05, 0.1) is 17.3 Å². The number of hydrogen-bond donors (Lipinski definition) is 3. The summed E-state index contributed by atoms with van der Waals surface area (Å²) in [7, 11) is 3.41. The SMILES string of the molecule is CN=C(C)c1c(N)nc(C)nc1-c1cc(C#Cc2ccc3c(C)nccc3c2)nc(NC(=O)C(C)NC)c1. The van der Waals surface area contributed by atoms with Gasteiger partial charge in [-0.1, -0.05) is 12.0 Å². The zero-order valence-electron chi connectivity index (χ0n) is 22.3. The monoisotopic (exact) mass is 506 g/mol. The summed E-state index contributed by atoms with van der Waals surface area (Å²) in [6.45, 7) is 7.38. The Bertz CT molecular complexity index is 1630. The number of anilines is 2. The molecular weight excluding hydrogens is 476 g/mol. The van der Waals surface area contributed by atoms with Crippen molar-refractivity contribution in [2.24, 2.45) is 4.99 Å². The van der Waals surface area contributed by atoms with Crippen LogP contribution in [0.25, 0.3) is 22.0 Å². The van der Waals surface area contributed by atoms with Gasteiger partial charge in [0.2, 0.25) is 5.91 Å². The van der Waals surface area contributed by atoms with Crippen LogP contribution in [0.5, 0.6) is 0 Å². The van der Waals surface area contributed by atoms with Crippen LogP contribution in [-0.2, 0) is 4.79 Å². The van der Waals surface area contributed by atoms with Crippen molar-refractivity contribution in [3.05, 3.63) is 70.9 Å². The quantitative estimate of drug-likeness (QED) is 0.278. The number of nitrogens with one attached hydrogen (secondary N) is 2. The summed E-state index contributed by atoms with van der Waals surface area (Å²) in [6.07, 6.45) is 1.79. The fourth-order valence-corrected chi connectivity index (χ4v) is 3.98. The molecule has 0 bridgehead atoms. The van der Waals surface area contributed by atoms with E-state index in [0.29, 0.717) is 45.7 Å². The Morgan fingerprint density at radius 3 is 2.61 bits per heavy atom. The van der Waals surface area contributed by atoms with Crippen LogP contribution >= 0.6 is 0 Å². The van der Waals surface area contributed by atoms with Crippen LogP contribution in [0.4, 0.5) is 11.6 Å². The zero-order chi connectivity index (χ0) is 27.4. The van der Waals surface area contributed by atoms with Gasteiger partial charge in [-0.3, -0.25) is 14.8 Å². The van der Waals surface area contributed by atoms with Crippen molar-refractivity contribution in [2.45, 2.75) is 33.7 Å². The molecular formula is C29H30N8O. The lowest BCUT2D eigenvalue weighted by Gasteiger charge is -2.14. The van der Waals surface area contributed by atoms with Gasteiger partial charge in [0.25, 0.3) is 0 Å². The van der Waals surface area contributed by atoms with Crippen LogP contribution in [0.2, 0.25) is 0 Å². The van der Waals surface area contributed by atoms with Crippen molar-refractivity contribution in [3.63, 3.8) is 0 Å². The number of rotatable bonds is 5. The lowest BCUT2D eigenvalue weighted by Crippen LogP contribution is -2.35. The first-order chi connectivity index (χ1) is 18.2. The number of aromatic nitrogens is 4. The second-order valence-electron chi connectivity index (χ2n) is 8.90. The first-order valence-corrected chi connectivity index (χ1v) is 12.2. The van der Waals surface area contributed by atoms with Gasteiger partial charge in [-0.05, 0) is 76.4 Å². The largest absolute Gasteiger partial charge is 0.383 e. The molecule has 9 nitrogen and oxygen atoms in total. The molecule has 0 aliphatic carbocycles. The smallest absolute Gasteiger partial charge is 0.242 e. The Morgan fingerprint density at radius 1 is 1.08 bits per heavy atom. The number of nitrogen functional groups attached to an aromatic ring is 1. The molecule has 0 aliphatic rings. The van der Waals surface area contributed by atoms with E-state index in [1.165, 1.54) is 0 Å². The number of hydrogen-bond acceptors (Lipinski definition) is 8. The highest BCUT2D eigenvalue weighted by atomic mass is 16.2. The molecule has 0 saturated carbocycles. The molecule has 3 heterocycles. The molecule has 38 heavy (non-hydrogen) atoms. The Balaban J connectivity index is 1.85. The van der Waals surface area contributed by atoms with Crippen LogP contribution in [0.3, 0.4) is 0 Å². The van der Waals surface area contributed by atoms with Gasteiger partial charge >= 0.3 is 0 Å². The molecule has 192 valence electrons. The number of aliphatic imine (C=N–C) groups is 1. The summed E-state index contributed by atoms with van der Waals surface area (Å²) < 4.78 is 0. The van der Waals surface area contributed by atoms with Crippen LogP contribution in [-0.4, -0.2) is 51.7 Å². The molecule has 9 heteroatoms. The van der Waals surface area contributed by atoms with Gasteiger partial charge in [-0.2, -0.15) is 0 Å². The van der Waals surface area contributed by atoms with Gasteiger partial charge in [-0.15, -0.1) is 0 Å². The molecule has 0 spiro atoms. The lowest BCUT2D eigenvalue weighted by atomic mass is 10.0. The third-order valence-corrected chi connectivity index (χ3v) is 6.22. The Morgan fingerprint density at radius 2 is 1.87 bits per heavy atom. The van der Waals surface area contributed by atoms with Crippen molar-refractivity contribution in [2.75, 3.05) is 25.1 Å². The number of benzene rings is 1. The first kappa shape index (κ1) is 26.4. The van der Waals surface area contributed by atoms with Crippen molar-refractivity contribution < 1.29 is 4.79 Å². The molecule has 0 aliphatic heterocycles. The van der Waals surface area contributed by atoms with Gasteiger partial charge in [-0.25, -0.2) is 15.0 Å². The molecule has 1 unspecified atom stereocenters. The third kappa shape index (κ3) is 5.66. The van der Waals surface area contributed by atoms with E-state index in [2.05, 4.69) is 47.4 Å². The zero-order valence-corrected chi connectivity index (χ0v) is 22.3. The molecule has 0 fully saturated rings. The Labute approximate surface area is 222 Å². The van der Waals surface area contributed by atoms with Gasteiger partial charge < -0.3 is 16.4 Å². The number of nitrogens with two attached hydrogens (primary N) is 1. The van der Waals surface area contributed by atoms with Crippen molar-refractivity contribution in [1.82, 2.24) is 25.3 Å². The van der Waals surface area contributed by atoms with E-state index in [1.807, 2.05) is 44.2 Å². The first-order valence-electron chi connectivity index (χ1n) is 12.2. The summed E-state index contributed by atoms with van der Waals surface area (Å²) >= 11 is 0. The maximum atomic E-state index is 12.6. The molecule has 4 N–H and O–H groups in total. The Hall–Kier alpha value is -4.68. The average Bonchev–Trinajstić information content (AvgIpc) is 2.90. The number of amides is 1. The minimum atomic E-state index is -0.410. The number of pyridine rings is 2. The predicted octanol–water partition coefficient (Wildman–Crippen LogP) is 3.67. The van der Waals surface area contributed by atoms with E-state index in [0.717, 1.165) is 22.0 Å². The van der Waals surface area contributed by atoms with Crippen molar-refractivity contribution in [3.8, 4) is 23.1 Å². The van der Waals surface area contributed by atoms with E-state index in [9.17, 15) is 4.79 Å². The van der Waals surface area contributed by atoms with Crippen LogP contribution in [0, 0.1) is 25.7 Å². The molecule has 1 atom stereocenters. The number of carbonyl (C=O) groups is 1. The van der Waals surface area contributed by atoms with Gasteiger partial charge in [0.1, 0.15) is 23.2 Å². The predicted molar refractivity (Wildman–Crippen MR) is 152 cm³/mol. The number of likely N-dealkylation sites (N-methyl/N-ethyl adjacent to an activating group) is 1. The molecule has 4 rings (SSSR count). The molecule has 1 amide bonds. The molecule has 4 aromatic rings. The van der Waals surface area contributed by atoms with E-state index in [-0.39, 0.29) is 5.91 Å². The minimum absolute atomic E-state index is 0.223. The lowest BCUT2D eigenvalue weighted by molar-refractivity contribution is -0.117. The van der Waals surface area contributed by atoms with Crippen molar-refractivity contribution >= 4 is 34.0 Å². The minimum Gasteiger partial charge on any atom is -0.383 e. The van der Waals surface area contributed by atoms with Crippen LogP contribution < -0.4 is 16.4 Å². The number of carbonyl (C=O) groups excluding carboxylic acids is 1. The topological polar surface area (TPSA) is 131 Å². The normalized spacial score (nSPS) is 12.1. The molecule has 0 saturated heterocycles. The van der Waals surface area contributed by atoms with Crippen LogP contribution in [0.1, 0.15) is 42.2 Å². The Kier molecular flexibility index (Phi) is 7.74. The summed E-state index contributed by atoms with van der Waals surface area (Å²) in [6, 6.07) is 11.1. The van der Waals surface area contributed by atoms with Crippen LogP contribution in [0.15, 0.2) is 47.6 Å². The van der Waals surface area contributed by atoms with E-state index >= 15 is 0 Å². The number of fused-ring (bicyclic) bond motifs is 1. The summed E-state index contributed by atoms with van der Waals surface area (Å²) in [4.78, 5) is 34.9. The summed E-state index contributed by atoms with van der Waals surface area (Å²) in [5.74, 6) is 7.33. The van der Waals surface area contributed by atoms with Gasteiger partial charge in [0, 0.05) is 41.2 Å². The van der Waals surface area contributed by atoms with E-state index < -0.39 is 6.04 Å². The molecule has 0 radical (unpaired) electrons. The molecule has 1 aromatic carbocycles. The number of aryl methyl sites for hydroxylation is 2. The highest BCUT2D eigenvalue weighted by Gasteiger charge is 2.18. The second kappa shape index (κ2) is 11.2. The average molecular weight is 507 g/mol. The maximum absolute atomic E-state index is 12.6. The second-order valence-corrected chi connectivity index (χ2v) is 8.90. The fourth-order valence-electron chi connectivity index (χ4n) is 3.98. The summed E-state index contributed by atoms with van der Waals surface area (Å²) in [5, 5.41) is 7.95. The fraction of sp³-hybridized carbons (Fsp3) is 0.241. The van der Waals surface area contributed by atoms with Gasteiger partial charge in [0.15, 0.2) is 0 Å². The maximum Gasteiger partial charge on any atom is 0.242 e. The molecule has 3 aromatic heterocycles. The highest BCUT2D eigenvalue weighted by Crippen LogP contribution is 2.28. The highest BCUT2D eigenvalue weighted by molar-refractivity contribution is 6.07. The van der Waals surface area contributed by atoms with E-state index in [4.69, 9.17) is 5.73 Å². The van der Waals surface area contributed by atoms with E-state index in [1.54, 1.807) is 40.2 Å².